The van der Waals surface area contributed by atoms with Crippen LogP contribution in [0.15, 0.2) is 47.1 Å². The van der Waals surface area contributed by atoms with Crippen molar-refractivity contribution in [1.29, 1.82) is 0 Å². The minimum atomic E-state index is -0.223. The molecule has 0 bridgehead atoms. The van der Waals surface area contributed by atoms with Crippen molar-refractivity contribution in [2.45, 2.75) is 64.1 Å². The summed E-state index contributed by atoms with van der Waals surface area (Å²) in [5.41, 5.74) is 0.901. The molecule has 0 spiro atoms. The second-order valence-corrected chi connectivity index (χ2v) is 7.44. The second-order valence-electron chi connectivity index (χ2n) is 7.06. The van der Waals surface area contributed by atoms with Crippen molar-refractivity contribution in [3.05, 3.63) is 59.8 Å². The second kappa shape index (κ2) is 9.72. The molecule has 2 aromatic rings. The van der Waals surface area contributed by atoms with Crippen LogP contribution in [0.3, 0.4) is 0 Å². The molecule has 0 radical (unpaired) electrons. The first-order valence-electron chi connectivity index (χ1n) is 9.53. The number of halogens is 1. The van der Waals surface area contributed by atoms with Gasteiger partial charge in [-0.05, 0) is 54.9 Å². The molecule has 0 saturated heterocycles. The Morgan fingerprint density at radius 2 is 1.85 bits per heavy atom. The van der Waals surface area contributed by atoms with Crippen LogP contribution in [0.1, 0.15) is 56.3 Å². The molecule has 1 aliphatic rings. The molecular formula is C21H27FN2OS. The Bertz CT molecular complexity index is 681. The third-order valence-corrected chi connectivity index (χ3v) is 5.29. The summed E-state index contributed by atoms with van der Waals surface area (Å²) in [5, 5.41) is 4.27. The van der Waals surface area contributed by atoms with E-state index in [1.807, 2.05) is 18.2 Å². The van der Waals surface area contributed by atoms with E-state index in [-0.39, 0.29) is 5.82 Å². The van der Waals surface area contributed by atoms with E-state index in [1.54, 1.807) is 18.4 Å². The number of thiocarbonyl (C=S) groups is 1. The predicted molar refractivity (Wildman–Crippen MR) is 106 cm³/mol. The van der Waals surface area contributed by atoms with Crippen molar-refractivity contribution >= 4 is 17.3 Å². The van der Waals surface area contributed by atoms with Crippen molar-refractivity contribution in [2.24, 2.45) is 0 Å². The molecule has 5 heteroatoms. The Balaban J connectivity index is 1.67. The van der Waals surface area contributed by atoms with E-state index < -0.39 is 0 Å². The van der Waals surface area contributed by atoms with E-state index in [0.717, 1.165) is 29.3 Å². The van der Waals surface area contributed by atoms with Crippen LogP contribution < -0.4 is 5.32 Å². The lowest BCUT2D eigenvalue weighted by Crippen LogP contribution is -2.44. The zero-order valence-corrected chi connectivity index (χ0v) is 15.9. The van der Waals surface area contributed by atoms with Gasteiger partial charge in [-0.1, -0.05) is 44.2 Å². The Hall–Kier alpha value is -1.88. The Kier molecular flexibility index (Phi) is 7.06. The molecule has 1 aromatic heterocycles. The van der Waals surface area contributed by atoms with Gasteiger partial charge in [-0.15, -0.1) is 0 Å². The van der Waals surface area contributed by atoms with E-state index in [2.05, 4.69) is 10.2 Å². The normalized spacial score (nSPS) is 15.9. The predicted octanol–water partition coefficient (Wildman–Crippen LogP) is 5.41. The van der Waals surface area contributed by atoms with E-state index >= 15 is 0 Å². The Morgan fingerprint density at radius 3 is 2.54 bits per heavy atom. The molecule has 1 aliphatic carbocycles. The van der Waals surface area contributed by atoms with Gasteiger partial charge in [-0.3, -0.25) is 0 Å². The van der Waals surface area contributed by atoms with Crippen molar-refractivity contribution in [1.82, 2.24) is 10.2 Å². The van der Waals surface area contributed by atoms with Crippen molar-refractivity contribution in [3.63, 3.8) is 0 Å². The number of hydrogen-bond acceptors (Lipinski definition) is 2. The lowest BCUT2D eigenvalue weighted by atomic mass is 9.97. The summed E-state index contributed by atoms with van der Waals surface area (Å²) < 4.78 is 19.1. The third kappa shape index (κ3) is 5.84. The maximum absolute atomic E-state index is 13.6. The lowest BCUT2D eigenvalue weighted by Gasteiger charge is -2.29. The highest BCUT2D eigenvalue weighted by atomic mass is 32.1. The topological polar surface area (TPSA) is 28.4 Å². The van der Waals surface area contributed by atoms with Crippen LogP contribution in [-0.4, -0.2) is 16.1 Å². The standard InChI is InChI=1S/C21H27FN2OS/c22-18-9-6-8-17(14-18)15-24(16-20-12-7-13-25-20)21(26)23-19-10-4-2-1-3-5-11-19/h6-9,12-14,19H,1-5,10-11,15-16H2,(H,23,26). The SMILES string of the molecule is Fc1cccc(CN(Cc2ccco2)C(=S)NC2CCCCCCC2)c1. The summed E-state index contributed by atoms with van der Waals surface area (Å²) in [4.78, 5) is 2.06. The van der Waals surface area contributed by atoms with Gasteiger partial charge in [-0.2, -0.15) is 0 Å². The zero-order chi connectivity index (χ0) is 18.2. The molecule has 0 unspecified atom stereocenters. The van der Waals surface area contributed by atoms with Crippen molar-refractivity contribution in [2.75, 3.05) is 0 Å². The van der Waals surface area contributed by atoms with Crippen LogP contribution in [0.5, 0.6) is 0 Å². The van der Waals surface area contributed by atoms with E-state index in [4.69, 9.17) is 16.6 Å². The number of benzene rings is 1. The molecule has 1 saturated carbocycles. The monoisotopic (exact) mass is 374 g/mol. The summed E-state index contributed by atoms with van der Waals surface area (Å²) >= 11 is 5.72. The molecule has 3 nitrogen and oxygen atoms in total. The quantitative estimate of drug-likeness (QED) is 0.709. The van der Waals surface area contributed by atoms with Gasteiger partial charge in [0.2, 0.25) is 0 Å². The zero-order valence-electron chi connectivity index (χ0n) is 15.1. The van der Waals surface area contributed by atoms with Gasteiger partial charge in [0.05, 0.1) is 12.8 Å². The molecule has 3 rings (SSSR count). The average molecular weight is 375 g/mol. The summed E-state index contributed by atoms with van der Waals surface area (Å²) in [6.45, 7) is 1.12. The maximum atomic E-state index is 13.6. The fourth-order valence-corrected chi connectivity index (χ4v) is 3.81. The molecule has 140 valence electrons. The molecule has 1 N–H and O–H groups in total. The average Bonchev–Trinajstić information content (AvgIpc) is 3.09. The first-order chi connectivity index (χ1) is 12.7. The highest BCUT2D eigenvalue weighted by Gasteiger charge is 2.18. The highest BCUT2D eigenvalue weighted by molar-refractivity contribution is 7.80. The smallest absolute Gasteiger partial charge is 0.169 e. The fourth-order valence-electron chi connectivity index (χ4n) is 3.51. The van der Waals surface area contributed by atoms with Crippen molar-refractivity contribution < 1.29 is 8.81 Å². The molecule has 1 fully saturated rings. The first kappa shape index (κ1) is 18.9. The van der Waals surface area contributed by atoms with Gasteiger partial charge < -0.3 is 14.6 Å². The van der Waals surface area contributed by atoms with E-state index in [1.165, 1.54) is 38.2 Å². The van der Waals surface area contributed by atoms with Gasteiger partial charge in [0.25, 0.3) is 0 Å². The molecule has 0 amide bonds. The minimum absolute atomic E-state index is 0.223. The summed E-state index contributed by atoms with van der Waals surface area (Å²) in [7, 11) is 0. The first-order valence-corrected chi connectivity index (χ1v) is 9.94. The lowest BCUT2D eigenvalue weighted by molar-refractivity contribution is 0.338. The van der Waals surface area contributed by atoms with Gasteiger partial charge >= 0.3 is 0 Å². The van der Waals surface area contributed by atoms with Gasteiger partial charge in [0.15, 0.2) is 5.11 Å². The van der Waals surface area contributed by atoms with Crippen LogP contribution in [-0.2, 0) is 13.1 Å². The maximum Gasteiger partial charge on any atom is 0.169 e. The third-order valence-electron chi connectivity index (χ3n) is 4.91. The van der Waals surface area contributed by atoms with Crippen LogP contribution in [0.4, 0.5) is 4.39 Å². The number of furan rings is 1. The van der Waals surface area contributed by atoms with Crippen LogP contribution in [0, 0.1) is 5.82 Å². The molecule has 0 aliphatic heterocycles. The number of nitrogens with one attached hydrogen (secondary N) is 1. The van der Waals surface area contributed by atoms with Gasteiger partial charge in [0.1, 0.15) is 11.6 Å². The largest absolute Gasteiger partial charge is 0.467 e. The van der Waals surface area contributed by atoms with Crippen LogP contribution in [0.2, 0.25) is 0 Å². The summed E-state index contributed by atoms with van der Waals surface area (Å²) in [6.07, 6.45) is 10.5. The number of hydrogen-bond donors (Lipinski definition) is 1. The summed E-state index contributed by atoms with van der Waals surface area (Å²) in [6, 6.07) is 10.9. The Labute approximate surface area is 160 Å². The van der Waals surface area contributed by atoms with E-state index in [9.17, 15) is 4.39 Å². The van der Waals surface area contributed by atoms with Gasteiger partial charge in [-0.25, -0.2) is 4.39 Å². The highest BCUT2D eigenvalue weighted by Crippen LogP contribution is 2.18. The molecule has 26 heavy (non-hydrogen) atoms. The van der Waals surface area contributed by atoms with Crippen LogP contribution in [0.25, 0.3) is 0 Å². The van der Waals surface area contributed by atoms with Crippen molar-refractivity contribution in [3.8, 4) is 0 Å². The summed E-state index contributed by atoms with van der Waals surface area (Å²) in [5.74, 6) is 0.627. The molecule has 1 aromatic carbocycles. The fraction of sp³-hybridized carbons (Fsp3) is 0.476. The molecule has 0 atom stereocenters. The number of rotatable bonds is 5. The number of nitrogens with zero attached hydrogens (tertiary/aromatic N) is 1. The van der Waals surface area contributed by atoms with Crippen LogP contribution >= 0.6 is 12.2 Å². The van der Waals surface area contributed by atoms with E-state index in [0.29, 0.717) is 19.1 Å². The molecule has 1 heterocycles. The van der Waals surface area contributed by atoms with Gasteiger partial charge in [0, 0.05) is 12.6 Å². The Morgan fingerprint density at radius 1 is 1.08 bits per heavy atom. The molecular weight excluding hydrogens is 347 g/mol. The minimum Gasteiger partial charge on any atom is -0.467 e.